The number of carbonyl (C=O) groups is 1. The Balaban J connectivity index is 1.70. The summed E-state index contributed by atoms with van der Waals surface area (Å²) in [5.41, 5.74) is 2.06. The summed E-state index contributed by atoms with van der Waals surface area (Å²) in [7, 11) is 0. The second kappa shape index (κ2) is 7.74. The van der Waals surface area contributed by atoms with Crippen LogP contribution in [0.3, 0.4) is 0 Å². The molecule has 0 radical (unpaired) electrons. The molecule has 1 aliphatic heterocycles. The standard InChI is InChI=1S/C20H18ClN3O2S/c1-13-11-17(19(25)26-13)27-20-23-22-18(15-7-9-16(21)10-8-15)24(20)12-14-5-3-2-4-6-14/h2-10,13,17H,11-12H2,1H3/t13-,17-/m1/s1. The van der Waals surface area contributed by atoms with Crippen LogP contribution in [-0.2, 0) is 16.1 Å². The third-order valence-electron chi connectivity index (χ3n) is 4.38. The molecule has 1 aliphatic rings. The van der Waals surface area contributed by atoms with Gasteiger partial charge in [0.15, 0.2) is 11.0 Å². The number of hydrogen-bond acceptors (Lipinski definition) is 5. The molecule has 0 aliphatic carbocycles. The Morgan fingerprint density at radius 2 is 1.89 bits per heavy atom. The summed E-state index contributed by atoms with van der Waals surface area (Å²) >= 11 is 7.43. The molecule has 0 unspecified atom stereocenters. The number of esters is 1. The van der Waals surface area contributed by atoms with Crippen molar-refractivity contribution < 1.29 is 9.53 Å². The van der Waals surface area contributed by atoms with Gasteiger partial charge in [0.1, 0.15) is 11.4 Å². The number of carbonyl (C=O) groups excluding carboxylic acids is 1. The average molecular weight is 400 g/mol. The van der Waals surface area contributed by atoms with Crippen molar-refractivity contribution in [2.45, 2.75) is 36.4 Å². The van der Waals surface area contributed by atoms with Gasteiger partial charge in [0.2, 0.25) is 0 Å². The Labute approximate surface area is 166 Å². The van der Waals surface area contributed by atoms with E-state index in [2.05, 4.69) is 22.3 Å². The number of hydrogen-bond donors (Lipinski definition) is 0. The number of aromatic nitrogens is 3. The zero-order valence-electron chi connectivity index (χ0n) is 14.7. The summed E-state index contributed by atoms with van der Waals surface area (Å²) < 4.78 is 7.32. The van der Waals surface area contributed by atoms with Crippen molar-refractivity contribution in [2.75, 3.05) is 0 Å². The molecule has 1 fully saturated rings. The predicted molar refractivity (Wildman–Crippen MR) is 106 cm³/mol. The van der Waals surface area contributed by atoms with Gasteiger partial charge in [-0.25, -0.2) is 0 Å². The van der Waals surface area contributed by atoms with Crippen LogP contribution in [0.15, 0.2) is 59.8 Å². The highest BCUT2D eigenvalue weighted by molar-refractivity contribution is 8.00. The van der Waals surface area contributed by atoms with Crippen LogP contribution < -0.4 is 0 Å². The third-order valence-corrected chi connectivity index (χ3v) is 5.81. The lowest BCUT2D eigenvalue weighted by atomic mass is 10.2. The van der Waals surface area contributed by atoms with E-state index in [1.807, 2.05) is 54.0 Å². The van der Waals surface area contributed by atoms with Crippen molar-refractivity contribution in [3.63, 3.8) is 0 Å². The van der Waals surface area contributed by atoms with Crippen LogP contribution in [0.25, 0.3) is 11.4 Å². The van der Waals surface area contributed by atoms with E-state index < -0.39 is 0 Å². The molecule has 7 heteroatoms. The summed E-state index contributed by atoms with van der Waals surface area (Å²) in [5.74, 6) is 0.562. The van der Waals surface area contributed by atoms with Gasteiger partial charge in [-0.1, -0.05) is 53.7 Å². The molecular weight excluding hydrogens is 382 g/mol. The van der Waals surface area contributed by atoms with Crippen molar-refractivity contribution in [3.8, 4) is 11.4 Å². The third kappa shape index (κ3) is 4.01. The number of rotatable bonds is 5. The molecule has 27 heavy (non-hydrogen) atoms. The minimum atomic E-state index is -0.253. The molecular formula is C20H18ClN3O2S. The van der Waals surface area contributed by atoms with Crippen LogP contribution >= 0.6 is 23.4 Å². The first-order valence-corrected chi connectivity index (χ1v) is 9.96. The fraction of sp³-hybridized carbons (Fsp3) is 0.250. The van der Waals surface area contributed by atoms with E-state index in [4.69, 9.17) is 16.3 Å². The number of nitrogens with zero attached hydrogens (tertiary/aromatic N) is 3. The van der Waals surface area contributed by atoms with Gasteiger partial charge in [-0.15, -0.1) is 10.2 Å². The van der Waals surface area contributed by atoms with Gasteiger partial charge in [-0.05, 0) is 36.8 Å². The topological polar surface area (TPSA) is 57.0 Å². The largest absolute Gasteiger partial charge is 0.462 e. The lowest BCUT2D eigenvalue weighted by Gasteiger charge is -2.12. The maximum atomic E-state index is 12.1. The highest BCUT2D eigenvalue weighted by Crippen LogP contribution is 2.33. The Kier molecular flexibility index (Phi) is 5.18. The van der Waals surface area contributed by atoms with Crippen LogP contribution in [0.2, 0.25) is 5.02 Å². The number of benzene rings is 2. The van der Waals surface area contributed by atoms with E-state index in [1.165, 1.54) is 11.8 Å². The van der Waals surface area contributed by atoms with Gasteiger partial charge in [0.25, 0.3) is 0 Å². The second-order valence-corrected chi connectivity index (χ2v) is 8.08. The first-order chi connectivity index (χ1) is 13.1. The molecule has 0 spiro atoms. The van der Waals surface area contributed by atoms with Crippen molar-refractivity contribution in [2.24, 2.45) is 0 Å². The first kappa shape index (κ1) is 18.1. The lowest BCUT2D eigenvalue weighted by molar-refractivity contribution is -0.140. The predicted octanol–water partition coefficient (Wildman–Crippen LogP) is 4.44. The highest BCUT2D eigenvalue weighted by Gasteiger charge is 2.34. The van der Waals surface area contributed by atoms with Gasteiger partial charge < -0.3 is 4.74 Å². The van der Waals surface area contributed by atoms with Crippen molar-refractivity contribution in [1.29, 1.82) is 0 Å². The summed E-state index contributed by atoms with van der Waals surface area (Å²) in [5, 5.41) is 9.89. The monoisotopic (exact) mass is 399 g/mol. The molecule has 4 rings (SSSR count). The molecule has 2 heterocycles. The van der Waals surface area contributed by atoms with Gasteiger partial charge >= 0.3 is 5.97 Å². The van der Waals surface area contributed by atoms with Crippen molar-refractivity contribution in [3.05, 3.63) is 65.2 Å². The zero-order chi connectivity index (χ0) is 18.8. The quantitative estimate of drug-likeness (QED) is 0.593. The van der Waals surface area contributed by atoms with Gasteiger partial charge in [0.05, 0.1) is 6.54 Å². The van der Waals surface area contributed by atoms with E-state index in [-0.39, 0.29) is 17.3 Å². The number of thioether (sulfide) groups is 1. The highest BCUT2D eigenvalue weighted by atomic mass is 35.5. The van der Waals surface area contributed by atoms with Crippen molar-refractivity contribution in [1.82, 2.24) is 14.8 Å². The van der Waals surface area contributed by atoms with Crippen LogP contribution in [0.1, 0.15) is 18.9 Å². The smallest absolute Gasteiger partial charge is 0.319 e. The van der Waals surface area contributed by atoms with E-state index in [0.29, 0.717) is 23.1 Å². The van der Waals surface area contributed by atoms with E-state index in [0.717, 1.165) is 17.0 Å². The van der Waals surface area contributed by atoms with E-state index in [1.54, 1.807) is 0 Å². The van der Waals surface area contributed by atoms with E-state index in [9.17, 15) is 4.79 Å². The molecule has 1 aromatic heterocycles. The Bertz CT molecular complexity index is 944. The summed E-state index contributed by atoms with van der Waals surface area (Å²) in [4.78, 5) is 12.1. The normalized spacial score (nSPS) is 19.3. The molecule has 0 saturated carbocycles. The SMILES string of the molecule is C[C@@H]1C[C@@H](Sc2nnc(-c3ccc(Cl)cc3)n2Cc2ccccc2)C(=O)O1. The molecule has 138 valence electrons. The first-order valence-electron chi connectivity index (χ1n) is 8.70. The fourth-order valence-electron chi connectivity index (χ4n) is 3.04. The van der Waals surface area contributed by atoms with Gasteiger partial charge in [0, 0.05) is 17.0 Å². The van der Waals surface area contributed by atoms with E-state index >= 15 is 0 Å². The molecule has 2 atom stereocenters. The minimum absolute atomic E-state index is 0.0590. The van der Waals surface area contributed by atoms with Crippen LogP contribution in [0.4, 0.5) is 0 Å². The molecule has 0 bridgehead atoms. The Morgan fingerprint density at radius 1 is 1.15 bits per heavy atom. The zero-order valence-corrected chi connectivity index (χ0v) is 16.3. The van der Waals surface area contributed by atoms with Crippen LogP contribution in [0, 0.1) is 0 Å². The summed E-state index contributed by atoms with van der Waals surface area (Å²) in [6, 6.07) is 17.6. The maximum absolute atomic E-state index is 12.1. The molecule has 3 aromatic rings. The number of ether oxygens (including phenoxy) is 1. The van der Waals surface area contributed by atoms with Gasteiger partial charge in [-0.2, -0.15) is 0 Å². The fourth-order valence-corrected chi connectivity index (χ4v) is 4.31. The average Bonchev–Trinajstić information content (AvgIpc) is 3.20. The number of cyclic esters (lactones) is 1. The molecule has 2 aromatic carbocycles. The summed E-state index contributed by atoms with van der Waals surface area (Å²) in [6.45, 7) is 2.53. The van der Waals surface area contributed by atoms with Crippen LogP contribution in [-0.4, -0.2) is 32.1 Å². The molecule has 5 nitrogen and oxygen atoms in total. The lowest BCUT2D eigenvalue weighted by Crippen LogP contribution is -2.12. The minimum Gasteiger partial charge on any atom is -0.462 e. The maximum Gasteiger partial charge on any atom is 0.319 e. The Hall–Kier alpha value is -2.31. The second-order valence-electron chi connectivity index (χ2n) is 6.47. The molecule has 1 saturated heterocycles. The van der Waals surface area contributed by atoms with Crippen LogP contribution in [0.5, 0.6) is 0 Å². The van der Waals surface area contributed by atoms with Crippen molar-refractivity contribution >= 4 is 29.3 Å². The molecule has 0 amide bonds. The Morgan fingerprint density at radius 3 is 2.56 bits per heavy atom. The summed E-state index contributed by atoms with van der Waals surface area (Å²) in [6.07, 6.45) is 0.620. The van der Waals surface area contributed by atoms with Gasteiger partial charge in [-0.3, -0.25) is 9.36 Å². The number of halogens is 1. The molecule has 0 N–H and O–H groups in total.